The third-order valence-electron chi connectivity index (χ3n) is 6.17. The van der Waals surface area contributed by atoms with Gasteiger partial charge < -0.3 is 30.1 Å². The molecule has 2 aromatic rings. The van der Waals surface area contributed by atoms with E-state index < -0.39 is 6.10 Å². The molecule has 9 heteroatoms. The number of rotatable bonds is 6. The number of benzene rings is 1. The molecule has 4 atom stereocenters. The molecule has 0 saturated carbocycles. The monoisotopic (exact) mass is 468 g/mol. The van der Waals surface area contributed by atoms with Gasteiger partial charge in [0.1, 0.15) is 6.10 Å². The van der Waals surface area contributed by atoms with Gasteiger partial charge in [0.2, 0.25) is 5.91 Å². The molecule has 0 spiro atoms. The van der Waals surface area contributed by atoms with Crippen molar-refractivity contribution in [2.24, 2.45) is 0 Å². The molecule has 3 heterocycles. The molecule has 1 aromatic carbocycles. The number of aliphatic hydroxyl groups is 1. The standard InChI is InChI=1S/C25H32N4O5/c30-20-15-29(25(32)28-19-4-2-1-3-5-19)22-7-6-21(34-23(22)17-33-16-20)14-24(31)27-13-10-18-8-11-26-12-9-18/h1-5,8-9,11-12,20-23,30H,6-7,10,13-17H2,(H,27,31)(H,28,32)/t20-,21+,22-,23+/m1/s1. The fourth-order valence-corrected chi connectivity index (χ4v) is 4.47. The lowest BCUT2D eigenvalue weighted by Gasteiger charge is -2.44. The number of ether oxygens (including phenoxy) is 2. The Hall–Kier alpha value is -3.01. The average Bonchev–Trinajstić information content (AvgIpc) is 2.83. The minimum absolute atomic E-state index is 0.0571. The summed E-state index contributed by atoms with van der Waals surface area (Å²) in [6.45, 7) is 1.10. The number of amides is 3. The number of para-hydroxylation sites is 1. The van der Waals surface area contributed by atoms with Crippen LogP contribution in [0.1, 0.15) is 24.8 Å². The molecule has 0 radical (unpaired) electrons. The molecular weight excluding hydrogens is 436 g/mol. The highest BCUT2D eigenvalue weighted by Gasteiger charge is 2.40. The summed E-state index contributed by atoms with van der Waals surface area (Å²) >= 11 is 0. The molecule has 1 aromatic heterocycles. The van der Waals surface area contributed by atoms with E-state index in [1.807, 2.05) is 42.5 Å². The van der Waals surface area contributed by atoms with E-state index in [4.69, 9.17) is 9.47 Å². The highest BCUT2D eigenvalue weighted by molar-refractivity contribution is 5.89. The molecule has 2 aliphatic heterocycles. The van der Waals surface area contributed by atoms with Crippen molar-refractivity contribution in [1.82, 2.24) is 15.2 Å². The van der Waals surface area contributed by atoms with Crippen LogP contribution < -0.4 is 10.6 Å². The van der Waals surface area contributed by atoms with Crippen LogP contribution in [0.15, 0.2) is 54.9 Å². The third kappa shape index (κ3) is 6.75. The first-order valence-electron chi connectivity index (χ1n) is 11.8. The van der Waals surface area contributed by atoms with E-state index in [1.54, 1.807) is 17.3 Å². The maximum absolute atomic E-state index is 13.1. The fourth-order valence-electron chi connectivity index (χ4n) is 4.47. The number of hydrogen-bond acceptors (Lipinski definition) is 6. The molecule has 34 heavy (non-hydrogen) atoms. The summed E-state index contributed by atoms with van der Waals surface area (Å²) in [5.41, 5.74) is 1.81. The number of nitrogens with one attached hydrogen (secondary N) is 2. The first-order valence-corrected chi connectivity index (χ1v) is 11.8. The first kappa shape index (κ1) is 24.1. The minimum Gasteiger partial charge on any atom is -0.389 e. The maximum Gasteiger partial charge on any atom is 0.322 e. The summed E-state index contributed by atoms with van der Waals surface area (Å²) < 4.78 is 11.9. The van der Waals surface area contributed by atoms with Crippen molar-refractivity contribution in [2.75, 3.05) is 31.6 Å². The van der Waals surface area contributed by atoms with Crippen molar-refractivity contribution in [3.05, 3.63) is 60.4 Å². The largest absolute Gasteiger partial charge is 0.389 e. The quantitative estimate of drug-likeness (QED) is 0.598. The zero-order chi connectivity index (χ0) is 23.8. The van der Waals surface area contributed by atoms with Gasteiger partial charge in [0, 0.05) is 24.6 Å². The van der Waals surface area contributed by atoms with Gasteiger partial charge >= 0.3 is 6.03 Å². The number of aromatic nitrogens is 1. The van der Waals surface area contributed by atoms with E-state index in [-0.39, 0.29) is 56.4 Å². The normalized spacial score (nSPS) is 24.9. The van der Waals surface area contributed by atoms with Crippen LogP contribution in [0.5, 0.6) is 0 Å². The highest BCUT2D eigenvalue weighted by Crippen LogP contribution is 2.28. The maximum atomic E-state index is 13.1. The Labute approximate surface area is 199 Å². The highest BCUT2D eigenvalue weighted by atomic mass is 16.5. The van der Waals surface area contributed by atoms with Crippen molar-refractivity contribution in [3.63, 3.8) is 0 Å². The Morgan fingerprint density at radius 1 is 1.09 bits per heavy atom. The van der Waals surface area contributed by atoms with Crippen LogP contribution in [0, 0.1) is 0 Å². The Balaban J connectivity index is 1.31. The van der Waals surface area contributed by atoms with Crippen molar-refractivity contribution >= 4 is 17.6 Å². The van der Waals surface area contributed by atoms with Crippen LogP contribution in [0.25, 0.3) is 0 Å². The van der Waals surface area contributed by atoms with E-state index >= 15 is 0 Å². The molecule has 2 fully saturated rings. The van der Waals surface area contributed by atoms with Gasteiger partial charge in [-0.3, -0.25) is 9.78 Å². The van der Waals surface area contributed by atoms with Gasteiger partial charge in [-0.1, -0.05) is 18.2 Å². The zero-order valence-electron chi connectivity index (χ0n) is 19.1. The summed E-state index contributed by atoms with van der Waals surface area (Å²) in [4.78, 5) is 31.2. The molecule has 182 valence electrons. The number of pyridine rings is 1. The van der Waals surface area contributed by atoms with Crippen LogP contribution in [0.2, 0.25) is 0 Å². The smallest absolute Gasteiger partial charge is 0.322 e. The second kappa shape index (κ2) is 11.9. The number of urea groups is 1. The van der Waals surface area contributed by atoms with E-state index in [0.29, 0.717) is 25.1 Å². The van der Waals surface area contributed by atoms with E-state index in [0.717, 1.165) is 12.0 Å². The second-order valence-corrected chi connectivity index (χ2v) is 8.74. The van der Waals surface area contributed by atoms with Crippen molar-refractivity contribution in [1.29, 1.82) is 0 Å². The Morgan fingerprint density at radius 3 is 2.68 bits per heavy atom. The van der Waals surface area contributed by atoms with E-state index in [1.165, 1.54) is 0 Å². The van der Waals surface area contributed by atoms with Crippen LogP contribution in [-0.4, -0.2) is 77.6 Å². The second-order valence-electron chi connectivity index (χ2n) is 8.74. The van der Waals surface area contributed by atoms with Crippen molar-refractivity contribution < 1.29 is 24.2 Å². The molecule has 9 nitrogen and oxygen atoms in total. The molecule has 0 aliphatic carbocycles. The van der Waals surface area contributed by atoms with Gasteiger partial charge in [-0.05, 0) is 49.1 Å². The van der Waals surface area contributed by atoms with Gasteiger partial charge in [-0.2, -0.15) is 0 Å². The number of nitrogens with zero attached hydrogens (tertiary/aromatic N) is 2. The first-order chi connectivity index (χ1) is 16.6. The minimum atomic E-state index is -0.772. The van der Waals surface area contributed by atoms with Gasteiger partial charge in [0.25, 0.3) is 0 Å². The number of anilines is 1. The topological polar surface area (TPSA) is 113 Å². The van der Waals surface area contributed by atoms with Crippen LogP contribution >= 0.6 is 0 Å². The third-order valence-corrected chi connectivity index (χ3v) is 6.17. The van der Waals surface area contributed by atoms with Crippen LogP contribution in [0.3, 0.4) is 0 Å². The molecule has 0 unspecified atom stereocenters. The van der Waals surface area contributed by atoms with Crippen LogP contribution in [0.4, 0.5) is 10.5 Å². The number of carbonyl (C=O) groups excluding carboxylic acids is 2. The predicted molar refractivity (Wildman–Crippen MR) is 126 cm³/mol. The number of fused-ring (bicyclic) bond motifs is 1. The number of carbonyl (C=O) groups is 2. The number of β-amino-alcohol motifs (C(OH)–C–C–N with tert-alkyl or cyclic N) is 1. The molecule has 2 aliphatic rings. The van der Waals surface area contributed by atoms with Crippen LogP contribution in [-0.2, 0) is 20.7 Å². The Bertz CT molecular complexity index is 929. The van der Waals surface area contributed by atoms with Crippen molar-refractivity contribution in [2.45, 2.75) is 50.0 Å². The SMILES string of the molecule is O=C(C[C@@H]1CC[C@@H]2[C@H](COC[C@H](O)CN2C(=O)Nc2ccccc2)O1)NCCc1ccncc1. The molecule has 3 N–H and O–H groups in total. The van der Waals surface area contributed by atoms with Gasteiger partial charge in [-0.15, -0.1) is 0 Å². The van der Waals surface area contributed by atoms with E-state index in [2.05, 4.69) is 15.6 Å². The van der Waals surface area contributed by atoms with Crippen molar-refractivity contribution in [3.8, 4) is 0 Å². The average molecular weight is 469 g/mol. The molecular formula is C25H32N4O5. The van der Waals surface area contributed by atoms with Gasteiger partial charge in [-0.25, -0.2) is 4.79 Å². The molecule has 2 saturated heterocycles. The summed E-state index contributed by atoms with van der Waals surface area (Å²) in [5, 5.41) is 16.1. The molecule has 4 rings (SSSR count). The summed E-state index contributed by atoms with van der Waals surface area (Å²) in [5.74, 6) is -0.0571. The lowest BCUT2D eigenvalue weighted by Crippen LogP contribution is -2.58. The van der Waals surface area contributed by atoms with Gasteiger partial charge in [0.15, 0.2) is 0 Å². The summed E-state index contributed by atoms with van der Waals surface area (Å²) in [7, 11) is 0. The van der Waals surface area contributed by atoms with Gasteiger partial charge in [0.05, 0.1) is 44.4 Å². The van der Waals surface area contributed by atoms with E-state index in [9.17, 15) is 14.7 Å². The molecule has 0 bridgehead atoms. The predicted octanol–water partition coefficient (Wildman–Crippen LogP) is 1.97. The number of hydrogen-bond donors (Lipinski definition) is 3. The Kier molecular flexibility index (Phi) is 8.46. The zero-order valence-corrected chi connectivity index (χ0v) is 19.1. The summed E-state index contributed by atoms with van der Waals surface area (Å²) in [6.07, 6.45) is 4.41. The number of aliphatic hydroxyl groups excluding tert-OH is 1. The fraction of sp³-hybridized carbons (Fsp3) is 0.480. The lowest BCUT2D eigenvalue weighted by molar-refractivity contribution is -0.149. The lowest BCUT2D eigenvalue weighted by atomic mass is 9.95. The molecule has 3 amide bonds. The summed E-state index contributed by atoms with van der Waals surface area (Å²) in [6, 6.07) is 12.6. The Morgan fingerprint density at radius 2 is 1.88 bits per heavy atom.